The van der Waals surface area contributed by atoms with Crippen molar-refractivity contribution in [2.24, 2.45) is 0 Å². The number of anilines is 1. The van der Waals surface area contributed by atoms with E-state index in [9.17, 15) is 0 Å². The molecule has 0 radical (unpaired) electrons. The lowest BCUT2D eigenvalue weighted by Crippen LogP contribution is -2.38. The highest BCUT2D eigenvalue weighted by atomic mass is 16.5. The molecule has 0 bridgehead atoms. The fourth-order valence-electron chi connectivity index (χ4n) is 5.20. The summed E-state index contributed by atoms with van der Waals surface area (Å²) in [5.74, 6) is 1.65. The Labute approximate surface area is 211 Å². The monoisotopic (exact) mass is 474 g/mol. The molecule has 0 saturated carbocycles. The summed E-state index contributed by atoms with van der Waals surface area (Å²) in [6.45, 7) is 3.10. The van der Waals surface area contributed by atoms with Gasteiger partial charge in [-0.05, 0) is 53.4 Å². The molecule has 6 rings (SSSR count). The van der Waals surface area contributed by atoms with Gasteiger partial charge < -0.3 is 10.1 Å². The van der Waals surface area contributed by atoms with Gasteiger partial charge in [0.1, 0.15) is 11.4 Å². The molecule has 0 amide bonds. The maximum Gasteiger partial charge on any atom is 0.156 e. The van der Waals surface area contributed by atoms with Gasteiger partial charge in [-0.3, -0.25) is 4.90 Å². The topological polar surface area (TPSA) is 50.3 Å². The quantitative estimate of drug-likeness (QED) is 0.303. The second kappa shape index (κ2) is 9.96. The molecule has 5 nitrogen and oxygen atoms in total. The summed E-state index contributed by atoms with van der Waals surface area (Å²) in [7, 11) is 1.70. The maximum atomic E-state index is 5.53. The lowest BCUT2D eigenvalue weighted by Gasteiger charge is -2.32. The van der Waals surface area contributed by atoms with Crippen LogP contribution in [0.2, 0.25) is 0 Å². The molecule has 5 heteroatoms. The van der Waals surface area contributed by atoms with Gasteiger partial charge in [-0.2, -0.15) is 0 Å². The fraction of sp³-hybridized carbons (Fsp3) is 0.226. The molecule has 1 aliphatic rings. The van der Waals surface area contributed by atoms with Gasteiger partial charge in [0.2, 0.25) is 0 Å². The van der Waals surface area contributed by atoms with Crippen molar-refractivity contribution in [1.29, 1.82) is 0 Å². The highest BCUT2D eigenvalue weighted by Gasteiger charge is 2.21. The van der Waals surface area contributed by atoms with Crippen molar-refractivity contribution < 1.29 is 4.74 Å². The first-order chi connectivity index (χ1) is 17.8. The molecule has 1 fully saturated rings. The minimum Gasteiger partial charge on any atom is -0.497 e. The van der Waals surface area contributed by atoms with E-state index in [-0.39, 0.29) is 0 Å². The molecule has 4 aromatic carbocycles. The standard InChI is InChI=1S/C31H30N4O/c1-36-27-13-14-28-29(20-27)31(34-33-30(28)24-8-3-2-4-9-24)32-26-15-17-35(18-16-26)21-22-11-12-23-7-5-6-10-25(23)19-22/h2-14,19-20,26H,15-18,21H2,1H3,(H,32,34). The van der Waals surface area contributed by atoms with Gasteiger partial charge in [0.15, 0.2) is 5.82 Å². The van der Waals surface area contributed by atoms with Crippen molar-refractivity contribution in [3.63, 3.8) is 0 Å². The van der Waals surface area contributed by atoms with Crippen LogP contribution in [0, 0.1) is 0 Å². The Bertz CT molecular complexity index is 1490. The second-order valence-electron chi connectivity index (χ2n) is 9.55. The van der Waals surface area contributed by atoms with E-state index in [1.165, 1.54) is 16.3 Å². The molecule has 5 aromatic rings. The summed E-state index contributed by atoms with van der Waals surface area (Å²) in [6, 6.07) is 32.1. The third kappa shape index (κ3) is 4.62. The minimum atomic E-state index is 0.365. The number of rotatable bonds is 6. The maximum absolute atomic E-state index is 5.53. The summed E-state index contributed by atoms with van der Waals surface area (Å²) in [5, 5.41) is 17.7. The van der Waals surface area contributed by atoms with E-state index in [1.54, 1.807) is 7.11 Å². The minimum absolute atomic E-state index is 0.365. The van der Waals surface area contributed by atoms with E-state index >= 15 is 0 Å². The molecule has 1 aliphatic heterocycles. The molecule has 180 valence electrons. The average Bonchev–Trinajstić information content (AvgIpc) is 2.94. The van der Waals surface area contributed by atoms with E-state index < -0.39 is 0 Å². The van der Waals surface area contributed by atoms with Crippen LogP contribution in [0.4, 0.5) is 5.82 Å². The van der Waals surface area contributed by atoms with Gasteiger partial charge in [-0.1, -0.05) is 66.7 Å². The second-order valence-corrected chi connectivity index (χ2v) is 9.55. The first-order valence-electron chi connectivity index (χ1n) is 12.6. The zero-order chi connectivity index (χ0) is 24.3. The third-order valence-electron chi connectivity index (χ3n) is 7.18. The van der Waals surface area contributed by atoms with Crippen LogP contribution < -0.4 is 10.1 Å². The van der Waals surface area contributed by atoms with Crippen molar-refractivity contribution in [2.45, 2.75) is 25.4 Å². The third-order valence-corrected chi connectivity index (χ3v) is 7.18. The van der Waals surface area contributed by atoms with E-state index in [1.807, 2.05) is 24.3 Å². The predicted molar refractivity (Wildman–Crippen MR) is 147 cm³/mol. The molecule has 2 heterocycles. The number of ether oxygens (including phenoxy) is 1. The number of nitrogens with zero attached hydrogens (tertiary/aromatic N) is 3. The first-order valence-corrected chi connectivity index (χ1v) is 12.6. The Morgan fingerprint density at radius 2 is 1.58 bits per heavy atom. The molecule has 1 aromatic heterocycles. The van der Waals surface area contributed by atoms with Crippen LogP contribution in [0.25, 0.3) is 32.8 Å². The number of hydrogen-bond acceptors (Lipinski definition) is 5. The number of piperidine rings is 1. The largest absolute Gasteiger partial charge is 0.497 e. The Morgan fingerprint density at radius 3 is 2.39 bits per heavy atom. The number of hydrogen-bond donors (Lipinski definition) is 1. The summed E-state index contributed by atoms with van der Waals surface area (Å²) in [6.07, 6.45) is 2.14. The highest BCUT2D eigenvalue weighted by molar-refractivity contribution is 6.00. The van der Waals surface area contributed by atoms with Crippen LogP contribution >= 0.6 is 0 Å². The summed E-state index contributed by atoms with van der Waals surface area (Å²) >= 11 is 0. The summed E-state index contributed by atoms with van der Waals surface area (Å²) < 4.78 is 5.53. The molecule has 0 aliphatic carbocycles. The summed E-state index contributed by atoms with van der Waals surface area (Å²) in [5.41, 5.74) is 3.33. The van der Waals surface area contributed by atoms with Crippen LogP contribution in [0.3, 0.4) is 0 Å². The van der Waals surface area contributed by atoms with Crippen LogP contribution in [-0.2, 0) is 6.54 Å². The zero-order valence-electron chi connectivity index (χ0n) is 20.5. The van der Waals surface area contributed by atoms with Gasteiger partial charge in [0.25, 0.3) is 0 Å². The Kier molecular flexibility index (Phi) is 6.22. The van der Waals surface area contributed by atoms with Crippen molar-refractivity contribution in [3.05, 3.63) is 96.6 Å². The highest BCUT2D eigenvalue weighted by Crippen LogP contribution is 2.33. The Morgan fingerprint density at radius 1 is 0.806 bits per heavy atom. The van der Waals surface area contributed by atoms with Gasteiger partial charge in [-0.25, -0.2) is 0 Å². The molecule has 1 N–H and O–H groups in total. The predicted octanol–water partition coefficient (Wildman–Crippen LogP) is 6.54. The van der Waals surface area contributed by atoms with E-state index in [0.717, 1.165) is 66.1 Å². The van der Waals surface area contributed by atoms with Crippen molar-refractivity contribution in [2.75, 3.05) is 25.5 Å². The first kappa shape index (κ1) is 22.5. The summed E-state index contributed by atoms with van der Waals surface area (Å²) in [4.78, 5) is 2.55. The van der Waals surface area contributed by atoms with Gasteiger partial charge in [0, 0.05) is 42.0 Å². The van der Waals surface area contributed by atoms with E-state index in [4.69, 9.17) is 4.74 Å². The lowest BCUT2D eigenvalue weighted by molar-refractivity contribution is 0.211. The average molecular weight is 475 g/mol. The molecular weight excluding hydrogens is 444 g/mol. The zero-order valence-corrected chi connectivity index (χ0v) is 20.5. The normalized spacial score (nSPS) is 14.8. The van der Waals surface area contributed by atoms with E-state index in [2.05, 4.69) is 87.1 Å². The Balaban J connectivity index is 1.18. The van der Waals surface area contributed by atoms with Crippen LogP contribution in [0.5, 0.6) is 5.75 Å². The number of benzene rings is 4. The SMILES string of the molecule is COc1ccc2c(-c3ccccc3)nnc(NC3CCN(Cc4ccc5ccccc5c4)CC3)c2c1. The van der Waals surface area contributed by atoms with Crippen LogP contribution in [-0.4, -0.2) is 41.3 Å². The number of fused-ring (bicyclic) bond motifs is 2. The van der Waals surface area contributed by atoms with Gasteiger partial charge >= 0.3 is 0 Å². The number of nitrogens with one attached hydrogen (secondary N) is 1. The van der Waals surface area contributed by atoms with Crippen molar-refractivity contribution in [3.8, 4) is 17.0 Å². The fourth-order valence-corrected chi connectivity index (χ4v) is 5.20. The molecule has 1 saturated heterocycles. The van der Waals surface area contributed by atoms with Crippen molar-refractivity contribution >= 4 is 27.4 Å². The number of aromatic nitrogens is 2. The molecule has 0 atom stereocenters. The molecule has 0 unspecified atom stereocenters. The van der Waals surface area contributed by atoms with Crippen LogP contribution in [0.15, 0.2) is 91.0 Å². The number of likely N-dealkylation sites (tertiary alicyclic amines) is 1. The molecular formula is C31H30N4O. The van der Waals surface area contributed by atoms with E-state index in [0.29, 0.717) is 6.04 Å². The smallest absolute Gasteiger partial charge is 0.156 e. The molecule has 0 spiro atoms. The number of methoxy groups -OCH3 is 1. The van der Waals surface area contributed by atoms with Crippen molar-refractivity contribution in [1.82, 2.24) is 15.1 Å². The van der Waals surface area contributed by atoms with Gasteiger partial charge in [0.05, 0.1) is 7.11 Å². The lowest BCUT2D eigenvalue weighted by atomic mass is 10.0. The Hall–Kier alpha value is -3.96. The van der Waals surface area contributed by atoms with Crippen LogP contribution in [0.1, 0.15) is 18.4 Å². The van der Waals surface area contributed by atoms with Gasteiger partial charge in [-0.15, -0.1) is 10.2 Å². The molecule has 36 heavy (non-hydrogen) atoms.